The lowest BCUT2D eigenvalue weighted by molar-refractivity contribution is 0.0781. The van der Waals surface area contributed by atoms with E-state index >= 15 is 0 Å². The van der Waals surface area contributed by atoms with Gasteiger partial charge in [0.05, 0.1) is 0 Å². The van der Waals surface area contributed by atoms with Gasteiger partial charge in [-0.05, 0) is 31.9 Å². The average Bonchev–Trinajstić information content (AvgIpc) is 2.64. The molecule has 0 aromatic heterocycles. The number of hydrogen-bond acceptors (Lipinski definition) is 4. The topological polar surface area (TPSA) is 36.9 Å². The van der Waals surface area contributed by atoms with Gasteiger partial charge in [-0.1, -0.05) is 19.3 Å². The van der Waals surface area contributed by atoms with Gasteiger partial charge >= 0.3 is 0 Å². The maximum atomic E-state index is 5.57. The maximum Gasteiger partial charge on any atom is 0.193 e. The summed E-state index contributed by atoms with van der Waals surface area (Å²) in [6.45, 7) is 5.09. The molecule has 1 saturated carbocycles. The molecule has 6 heteroatoms. The van der Waals surface area contributed by atoms with E-state index in [1.54, 1.807) is 0 Å². The standard InChI is InChI=1S/C18H33N3OS2/c1-19-16(20-14-17(23-2)8-11-22-12-9-17)21-10-13-24-18(15-21)6-4-3-5-7-18/h3-15H2,1-2H3,(H,19,20). The quantitative estimate of drug-likeness (QED) is 0.609. The largest absolute Gasteiger partial charge is 0.381 e. The normalized spacial score (nSPS) is 27.2. The van der Waals surface area contributed by atoms with Crippen LogP contribution in [0.5, 0.6) is 0 Å². The number of thioether (sulfide) groups is 2. The monoisotopic (exact) mass is 371 g/mol. The Hall–Kier alpha value is -0.0700. The molecule has 0 radical (unpaired) electrons. The molecule has 0 bridgehead atoms. The van der Waals surface area contributed by atoms with Crippen LogP contribution in [0.25, 0.3) is 0 Å². The van der Waals surface area contributed by atoms with Crippen molar-refractivity contribution in [3.05, 3.63) is 0 Å². The third kappa shape index (κ3) is 4.36. The summed E-state index contributed by atoms with van der Waals surface area (Å²) in [6, 6.07) is 0. The van der Waals surface area contributed by atoms with E-state index < -0.39 is 0 Å². The predicted molar refractivity (Wildman–Crippen MR) is 108 cm³/mol. The number of hydrogen-bond donors (Lipinski definition) is 1. The van der Waals surface area contributed by atoms with E-state index in [-0.39, 0.29) is 0 Å². The van der Waals surface area contributed by atoms with Gasteiger partial charge in [0.25, 0.3) is 0 Å². The van der Waals surface area contributed by atoms with Crippen LogP contribution < -0.4 is 5.32 Å². The van der Waals surface area contributed by atoms with Gasteiger partial charge in [-0.25, -0.2) is 0 Å². The molecule has 1 aliphatic carbocycles. The van der Waals surface area contributed by atoms with E-state index in [2.05, 4.69) is 33.2 Å². The molecular formula is C18H33N3OS2. The highest BCUT2D eigenvalue weighted by Gasteiger charge is 2.39. The van der Waals surface area contributed by atoms with Gasteiger partial charge in [0.2, 0.25) is 0 Å². The number of nitrogens with one attached hydrogen (secondary N) is 1. The van der Waals surface area contributed by atoms with Gasteiger partial charge in [0, 0.05) is 55.1 Å². The Morgan fingerprint density at radius 1 is 1.21 bits per heavy atom. The molecule has 1 N–H and O–H groups in total. The fourth-order valence-corrected chi connectivity index (χ4v) is 6.65. The van der Waals surface area contributed by atoms with E-state index in [4.69, 9.17) is 4.74 Å². The fourth-order valence-electron chi connectivity index (χ4n) is 4.29. The molecule has 2 heterocycles. The Balaban J connectivity index is 1.59. The van der Waals surface area contributed by atoms with Gasteiger partial charge in [-0.15, -0.1) is 0 Å². The second kappa shape index (κ2) is 8.54. The Kier molecular flexibility index (Phi) is 6.66. The number of nitrogens with zero attached hydrogens (tertiary/aromatic N) is 2. The smallest absolute Gasteiger partial charge is 0.193 e. The number of guanidine groups is 1. The van der Waals surface area contributed by atoms with Crippen molar-refractivity contribution >= 4 is 29.5 Å². The Morgan fingerprint density at radius 3 is 2.62 bits per heavy atom. The number of rotatable bonds is 3. The summed E-state index contributed by atoms with van der Waals surface area (Å²) in [5.41, 5.74) is 0. The molecule has 0 aromatic rings. The van der Waals surface area contributed by atoms with Crippen LogP contribution in [0, 0.1) is 0 Å². The highest BCUT2D eigenvalue weighted by Crippen LogP contribution is 2.42. The first-order valence-electron chi connectivity index (χ1n) is 9.43. The van der Waals surface area contributed by atoms with Gasteiger partial charge < -0.3 is 15.0 Å². The van der Waals surface area contributed by atoms with Crippen LogP contribution in [0.15, 0.2) is 4.99 Å². The molecule has 0 aromatic carbocycles. The maximum absolute atomic E-state index is 5.57. The van der Waals surface area contributed by atoms with E-state index in [0.717, 1.165) is 45.1 Å². The SMILES string of the molecule is CN=C(NCC1(SC)CCOCC1)N1CCSC2(CCCCC2)C1. The van der Waals surface area contributed by atoms with Crippen molar-refractivity contribution in [3.63, 3.8) is 0 Å². The lowest BCUT2D eigenvalue weighted by Gasteiger charge is -2.46. The summed E-state index contributed by atoms with van der Waals surface area (Å²) in [6.07, 6.45) is 11.5. The number of aliphatic imine (C=N–C) groups is 1. The highest BCUT2D eigenvalue weighted by molar-refractivity contribution is 8.00. The first-order valence-corrected chi connectivity index (χ1v) is 11.6. The summed E-state index contributed by atoms with van der Waals surface area (Å²) in [7, 11) is 1.94. The zero-order valence-electron chi connectivity index (χ0n) is 15.3. The van der Waals surface area contributed by atoms with E-state index in [0.29, 0.717) is 9.49 Å². The molecule has 2 aliphatic heterocycles. The Labute approximate surface area is 155 Å². The van der Waals surface area contributed by atoms with Crippen LogP contribution >= 0.6 is 23.5 Å². The van der Waals surface area contributed by atoms with Crippen molar-refractivity contribution in [3.8, 4) is 0 Å². The first-order chi connectivity index (χ1) is 11.7. The zero-order valence-corrected chi connectivity index (χ0v) is 16.9. The molecule has 0 unspecified atom stereocenters. The summed E-state index contributed by atoms with van der Waals surface area (Å²) >= 11 is 4.22. The predicted octanol–water partition coefficient (Wildman–Crippen LogP) is 3.23. The molecule has 3 aliphatic rings. The van der Waals surface area contributed by atoms with Crippen LogP contribution in [-0.4, -0.2) is 72.3 Å². The lowest BCUT2D eigenvalue weighted by Crippen LogP contribution is -2.55. The van der Waals surface area contributed by atoms with Crippen molar-refractivity contribution in [2.45, 2.75) is 54.4 Å². The van der Waals surface area contributed by atoms with Gasteiger partial charge in [-0.3, -0.25) is 4.99 Å². The molecule has 3 fully saturated rings. The van der Waals surface area contributed by atoms with Crippen molar-refractivity contribution < 1.29 is 4.74 Å². The molecule has 24 heavy (non-hydrogen) atoms. The molecule has 138 valence electrons. The summed E-state index contributed by atoms with van der Waals surface area (Å²) in [5.74, 6) is 2.35. The zero-order chi connectivity index (χ0) is 16.9. The van der Waals surface area contributed by atoms with Crippen molar-refractivity contribution in [2.24, 2.45) is 4.99 Å². The van der Waals surface area contributed by atoms with Crippen molar-refractivity contribution in [2.75, 3.05) is 51.9 Å². The minimum atomic E-state index is 0.307. The third-order valence-electron chi connectivity index (χ3n) is 5.93. The van der Waals surface area contributed by atoms with E-state index in [9.17, 15) is 0 Å². The van der Waals surface area contributed by atoms with Gasteiger partial charge in [-0.2, -0.15) is 23.5 Å². The van der Waals surface area contributed by atoms with Crippen LogP contribution in [-0.2, 0) is 4.74 Å². The van der Waals surface area contributed by atoms with Crippen LogP contribution in [0.1, 0.15) is 44.9 Å². The number of ether oxygens (including phenoxy) is 1. The summed E-state index contributed by atoms with van der Waals surface area (Å²) in [5, 5.41) is 3.71. The molecule has 3 rings (SSSR count). The van der Waals surface area contributed by atoms with Crippen molar-refractivity contribution in [1.29, 1.82) is 0 Å². The summed E-state index contributed by atoms with van der Waals surface area (Å²) < 4.78 is 6.36. The highest BCUT2D eigenvalue weighted by atomic mass is 32.2. The lowest BCUT2D eigenvalue weighted by atomic mass is 9.87. The molecular weight excluding hydrogens is 338 g/mol. The molecule has 0 amide bonds. The first kappa shape index (κ1) is 18.7. The van der Waals surface area contributed by atoms with Gasteiger partial charge in [0.1, 0.15) is 0 Å². The van der Waals surface area contributed by atoms with Crippen LogP contribution in [0.4, 0.5) is 0 Å². The minimum Gasteiger partial charge on any atom is -0.381 e. The molecule has 1 spiro atoms. The molecule has 0 atom stereocenters. The van der Waals surface area contributed by atoms with E-state index in [1.165, 1.54) is 44.4 Å². The fraction of sp³-hybridized carbons (Fsp3) is 0.944. The second-order valence-corrected chi connectivity index (χ2v) is 10.3. The van der Waals surface area contributed by atoms with Crippen LogP contribution in [0.2, 0.25) is 0 Å². The minimum absolute atomic E-state index is 0.307. The average molecular weight is 372 g/mol. The molecule has 4 nitrogen and oxygen atoms in total. The second-order valence-electron chi connectivity index (χ2n) is 7.41. The third-order valence-corrected chi connectivity index (χ3v) is 8.89. The van der Waals surface area contributed by atoms with E-state index in [1.807, 2.05) is 18.8 Å². The Bertz CT molecular complexity index is 426. The molecule has 2 saturated heterocycles. The Morgan fingerprint density at radius 2 is 1.96 bits per heavy atom. The van der Waals surface area contributed by atoms with Gasteiger partial charge in [0.15, 0.2) is 5.96 Å². The van der Waals surface area contributed by atoms with Crippen LogP contribution in [0.3, 0.4) is 0 Å². The van der Waals surface area contributed by atoms with Crippen molar-refractivity contribution in [1.82, 2.24) is 10.2 Å². The summed E-state index contributed by atoms with van der Waals surface area (Å²) in [4.78, 5) is 7.14.